The predicted octanol–water partition coefficient (Wildman–Crippen LogP) is 2.88. The van der Waals surface area contributed by atoms with Gasteiger partial charge in [0.15, 0.2) is 0 Å². The number of aromatic nitrogens is 3. The van der Waals surface area contributed by atoms with Crippen LogP contribution in [0.3, 0.4) is 0 Å². The van der Waals surface area contributed by atoms with Gasteiger partial charge in [0.1, 0.15) is 23.6 Å². The molecule has 0 saturated carbocycles. The summed E-state index contributed by atoms with van der Waals surface area (Å²) in [5.74, 6) is 1.39. The van der Waals surface area contributed by atoms with Crippen molar-refractivity contribution < 1.29 is 9.53 Å². The molecule has 4 rings (SSSR count). The second-order valence-electron chi connectivity index (χ2n) is 7.18. The van der Waals surface area contributed by atoms with Gasteiger partial charge >= 0.3 is 0 Å². The van der Waals surface area contributed by atoms with Crippen LogP contribution < -0.4 is 15.6 Å². The van der Waals surface area contributed by atoms with Crippen molar-refractivity contribution in [2.75, 3.05) is 12.4 Å². The number of ether oxygens (including phenoxy) is 1. The number of nitrogens with zero attached hydrogens (tertiary/aromatic N) is 3. The highest BCUT2D eigenvalue weighted by Gasteiger charge is 2.19. The monoisotopic (exact) mass is 380 g/mol. The molecule has 0 saturated heterocycles. The molecule has 0 unspecified atom stereocenters. The van der Waals surface area contributed by atoms with E-state index >= 15 is 0 Å². The summed E-state index contributed by atoms with van der Waals surface area (Å²) in [5.41, 5.74) is 2.67. The van der Waals surface area contributed by atoms with Crippen LogP contribution in [0.1, 0.15) is 30.8 Å². The van der Waals surface area contributed by atoms with Gasteiger partial charge in [0.25, 0.3) is 5.56 Å². The second-order valence-corrected chi connectivity index (χ2v) is 7.18. The minimum Gasteiger partial charge on any atom is -0.497 e. The molecule has 7 heteroatoms. The van der Waals surface area contributed by atoms with Crippen molar-refractivity contribution in [3.05, 3.63) is 52.2 Å². The molecule has 0 fully saturated rings. The molecule has 0 spiro atoms. The largest absolute Gasteiger partial charge is 0.497 e. The van der Waals surface area contributed by atoms with Crippen molar-refractivity contribution >= 4 is 22.6 Å². The number of carbonyl (C=O) groups excluding carboxylic acids is 1. The fraction of sp³-hybridized carbons (Fsp3) is 0.381. The lowest BCUT2D eigenvalue weighted by atomic mass is 10.2. The third kappa shape index (κ3) is 3.40. The average Bonchev–Trinajstić information content (AvgIpc) is 2.84. The summed E-state index contributed by atoms with van der Waals surface area (Å²) in [6.45, 7) is 2.66. The fourth-order valence-corrected chi connectivity index (χ4v) is 3.79. The molecule has 1 aromatic carbocycles. The van der Waals surface area contributed by atoms with Crippen LogP contribution >= 0.6 is 0 Å². The number of carbonyl (C=O) groups is 1. The van der Waals surface area contributed by atoms with Crippen LogP contribution in [0.4, 0.5) is 5.69 Å². The van der Waals surface area contributed by atoms with E-state index in [1.807, 2.05) is 13.0 Å². The highest BCUT2D eigenvalue weighted by Crippen LogP contribution is 2.19. The Bertz CT molecular complexity index is 1080. The minimum atomic E-state index is -0.190. The quantitative estimate of drug-likeness (QED) is 0.755. The van der Waals surface area contributed by atoms with E-state index in [0.717, 1.165) is 43.0 Å². The molecule has 2 aromatic heterocycles. The van der Waals surface area contributed by atoms with Gasteiger partial charge in [-0.05, 0) is 50.1 Å². The maximum atomic E-state index is 13.1. The zero-order valence-corrected chi connectivity index (χ0v) is 16.2. The molecule has 28 heavy (non-hydrogen) atoms. The van der Waals surface area contributed by atoms with Crippen molar-refractivity contribution in [2.45, 2.75) is 45.7 Å². The lowest BCUT2D eigenvalue weighted by Gasteiger charge is -2.12. The van der Waals surface area contributed by atoms with E-state index in [1.165, 1.54) is 0 Å². The van der Waals surface area contributed by atoms with E-state index in [0.29, 0.717) is 23.3 Å². The molecule has 1 aliphatic rings. The number of anilines is 1. The Morgan fingerprint density at radius 1 is 1.21 bits per heavy atom. The Balaban J connectivity index is 1.64. The van der Waals surface area contributed by atoms with Crippen molar-refractivity contribution in [3.63, 3.8) is 0 Å². The topological polar surface area (TPSA) is 78.2 Å². The van der Waals surface area contributed by atoms with Gasteiger partial charge in [0.2, 0.25) is 5.91 Å². The standard InChI is InChI=1S/C21H24N4O3/c1-14-12-17-20(21(27)24-11-5-3-4-6-18(24)23-17)25(14)13-19(26)22-15-7-9-16(28-2)10-8-15/h7-10,12H,3-6,11,13H2,1-2H3,(H,22,26). The molecule has 0 radical (unpaired) electrons. The first-order chi connectivity index (χ1) is 13.6. The number of hydrogen-bond donors (Lipinski definition) is 1. The van der Waals surface area contributed by atoms with Gasteiger partial charge in [0.05, 0.1) is 12.6 Å². The number of methoxy groups -OCH3 is 1. The van der Waals surface area contributed by atoms with Crippen molar-refractivity contribution in [3.8, 4) is 5.75 Å². The van der Waals surface area contributed by atoms with Gasteiger partial charge < -0.3 is 14.6 Å². The van der Waals surface area contributed by atoms with Crippen LogP contribution in [0.2, 0.25) is 0 Å². The van der Waals surface area contributed by atoms with Crippen LogP contribution in [0.15, 0.2) is 35.1 Å². The van der Waals surface area contributed by atoms with E-state index in [2.05, 4.69) is 5.32 Å². The average molecular weight is 380 g/mol. The Morgan fingerprint density at radius 3 is 2.75 bits per heavy atom. The number of amides is 1. The van der Waals surface area contributed by atoms with Crippen LogP contribution in [0, 0.1) is 6.92 Å². The lowest BCUT2D eigenvalue weighted by Crippen LogP contribution is -2.28. The summed E-state index contributed by atoms with van der Waals surface area (Å²) in [6, 6.07) is 9.04. The summed E-state index contributed by atoms with van der Waals surface area (Å²) < 4.78 is 8.68. The minimum absolute atomic E-state index is 0.0488. The lowest BCUT2D eigenvalue weighted by molar-refractivity contribution is -0.116. The maximum Gasteiger partial charge on any atom is 0.278 e. The van der Waals surface area contributed by atoms with Crippen molar-refractivity contribution in [2.24, 2.45) is 0 Å². The SMILES string of the molecule is COc1ccc(NC(=O)Cn2c(C)cc3nc4n(c(=O)c32)CCCCC4)cc1. The third-order valence-electron chi connectivity index (χ3n) is 5.25. The normalized spacial score (nSPS) is 13.8. The third-order valence-corrected chi connectivity index (χ3v) is 5.25. The Labute approximate surface area is 163 Å². The van der Waals surface area contributed by atoms with Crippen molar-refractivity contribution in [1.82, 2.24) is 14.1 Å². The Morgan fingerprint density at radius 2 is 2.00 bits per heavy atom. The molecule has 0 aliphatic carbocycles. The molecule has 1 N–H and O–H groups in total. The Kier molecular flexibility index (Phi) is 4.90. The van der Waals surface area contributed by atoms with Gasteiger partial charge in [-0.25, -0.2) is 4.98 Å². The van der Waals surface area contributed by atoms with Crippen LogP contribution in [0.5, 0.6) is 5.75 Å². The van der Waals surface area contributed by atoms with Gasteiger partial charge in [-0.15, -0.1) is 0 Å². The summed E-state index contributed by atoms with van der Waals surface area (Å²) in [5, 5.41) is 2.87. The smallest absolute Gasteiger partial charge is 0.278 e. The molecule has 7 nitrogen and oxygen atoms in total. The Hall–Kier alpha value is -3.09. The number of nitrogens with one attached hydrogen (secondary N) is 1. The molecular formula is C21H24N4O3. The first-order valence-electron chi connectivity index (χ1n) is 9.60. The van der Waals surface area contributed by atoms with E-state index < -0.39 is 0 Å². The summed E-state index contributed by atoms with van der Waals surface area (Å²) in [4.78, 5) is 30.4. The van der Waals surface area contributed by atoms with Gasteiger partial charge in [-0.2, -0.15) is 0 Å². The fourth-order valence-electron chi connectivity index (χ4n) is 3.79. The molecule has 3 aromatic rings. The van der Waals surface area contributed by atoms with E-state index in [4.69, 9.17) is 9.72 Å². The van der Waals surface area contributed by atoms with Crippen molar-refractivity contribution in [1.29, 1.82) is 0 Å². The zero-order chi connectivity index (χ0) is 19.7. The van der Waals surface area contributed by atoms with Gasteiger partial charge in [-0.1, -0.05) is 6.42 Å². The molecule has 0 atom stereocenters. The number of rotatable bonds is 4. The molecule has 1 aliphatic heterocycles. The van der Waals surface area contributed by atoms with Crippen LogP contribution in [-0.4, -0.2) is 27.1 Å². The molecule has 1 amide bonds. The first kappa shape index (κ1) is 18.3. The van der Waals surface area contributed by atoms with E-state index in [9.17, 15) is 9.59 Å². The number of hydrogen-bond acceptors (Lipinski definition) is 4. The van der Waals surface area contributed by atoms with Gasteiger partial charge in [0, 0.05) is 24.3 Å². The molecule has 0 bridgehead atoms. The maximum absolute atomic E-state index is 13.1. The highest BCUT2D eigenvalue weighted by molar-refractivity contribution is 5.92. The molecule has 146 valence electrons. The first-order valence-corrected chi connectivity index (χ1v) is 9.60. The van der Waals surface area contributed by atoms with Gasteiger partial charge in [-0.3, -0.25) is 14.2 Å². The molecule has 3 heterocycles. The van der Waals surface area contributed by atoms with E-state index in [-0.39, 0.29) is 18.0 Å². The predicted molar refractivity (Wildman–Crippen MR) is 108 cm³/mol. The van der Waals surface area contributed by atoms with Crippen LogP contribution in [-0.2, 0) is 24.3 Å². The number of fused-ring (bicyclic) bond motifs is 2. The summed E-state index contributed by atoms with van der Waals surface area (Å²) in [6.07, 6.45) is 3.98. The van der Waals surface area contributed by atoms with E-state index in [1.54, 1.807) is 40.5 Å². The second kappa shape index (κ2) is 7.50. The number of benzene rings is 1. The zero-order valence-electron chi connectivity index (χ0n) is 16.2. The summed E-state index contributed by atoms with van der Waals surface area (Å²) in [7, 11) is 1.60. The summed E-state index contributed by atoms with van der Waals surface area (Å²) >= 11 is 0. The molecular weight excluding hydrogens is 356 g/mol. The highest BCUT2D eigenvalue weighted by atomic mass is 16.5. The number of aryl methyl sites for hydroxylation is 2. The van der Waals surface area contributed by atoms with Crippen LogP contribution in [0.25, 0.3) is 11.0 Å².